The van der Waals surface area contributed by atoms with Gasteiger partial charge >= 0.3 is 5.97 Å². The molecule has 1 fully saturated rings. The molecule has 6 heteroatoms. The quantitative estimate of drug-likeness (QED) is 0.726. The second-order valence-electron chi connectivity index (χ2n) is 6.99. The van der Waals surface area contributed by atoms with Crippen LogP contribution in [-0.4, -0.2) is 24.5 Å². The summed E-state index contributed by atoms with van der Waals surface area (Å²) in [5, 5.41) is 6.15. The van der Waals surface area contributed by atoms with Crippen molar-refractivity contribution < 1.29 is 18.7 Å². The van der Waals surface area contributed by atoms with E-state index in [9.17, 15) is 9.59 Å². The highest BCUT2D eigenvalue weighted by Crippen LogP contribution is 2.23. The minimum Gasteiger partial charge on any atom is -0.467 e. The zero-order valence-electron chi connectivity index (χ0n) is 15.6. The molecule has 0 radical (unpaired) electrons. The van der Waals surface area contributed by atoms with Gasteiger partial charge in [-0.3, -0.25) is 4.79 Å². The molecule has 1 aliphatic rings. The molecule has 27 heavy (non-hydrogen) atoms. The highest BCUT2D eigenvalue weighted by Gasteiger charge is 2.23. The van der Waals surface area contributed by atoms with Crippen LogP contribution in [0.25, 0.3) is 0 Å². The van der Waals surface area contributed by atoms with E-state index in [1.165, 1.54) is 6.42 Å². The summed E-state index contributed by atoms with van der Waals surface area (Å²) in [7, 11) is 0. The van der Waals surface area contributed by atoms with Crippen molar-refractivity contribution in [2.45, 2.75) is 45.2 Å². The van der Waals surface area contributed by atoms with Crippen molar-refractivity contribution in [1.29, 1.82) is 0 Å². The second kappa shape index (κ2) is 9.26. The standard InChI is InChI=1S/C21H26N2O4/c1-15-7-2-4-10-18(15)23-20(24)14-27-21(25)17-9-3-5-11-19(17)22-13-16-8-6-12-26-16/h3,5-6,8-9,11-12,15,18,22H,2,4,7,10,13-14H2,1H3,(H,23,24)/t15-,18+/m1/s1. The summed E-state index contributed by atoms with van der Waals surface area (Å²) in [6.07, 6.45) is 6.05. The molecule has 0 saturated heterocycles. The zero-order chi connectivity index (χ0) is 19.1. The first-order valence-corrected chi connectivity index (χ1v) is 9.45. The molecule has 1 aromatic heterocycles. The van der Waals surface area contributed by atoms with Crippen molar-refractivity contribution in [1.82, 2.24) is 5.32 Å². The summed E-state index contributed by atoms with van der Waals surface area (Å²) in [6.45, 7) is 2.34. The van der Waals surface area contributed by atoms with E-state index in [1.807, 2.05) is 18.2 Å². The van der Waals surface area contributed by atoms with Gasteiger partial charge in [0, 0.05) is 11.7 Å². The summed E-state index contributed by atoms with van der Waals surface area (Å²) in [5.41, 5.74) is 1.03. The molecule has 2 aromatic rings. The molecule has 0 aliphatic heterocycles. The smallest absolute Gasteiger partial charge is 0.340 e. The number of carbonyl (C=O) groups excluding carboxylic acids is 2. The SMILES string of the molecule is C[C@@H]1CCCC[C@@H]1NC(=O)COC(=O)c1ccccc1NCc1ccco1. The van der Waals surface area contributed by atoms with Gasteiger partial charge < -0.3 is 19.8 Å². The van der Waals surface area contributed by atoms with Gasteiger partial charge in [0.15, 0.2) is 6.61 Å². The summed E-state index contributed by atoms with van der Waals surface area (Å²) in [6, 6.07) is 10.9. The first-order chi connectivity index (χ1) is 13.1. The fourth-order valence-electron chi connectivity index (χ4n) is 3.40. The molecule has 2 atom stereocenters. The minimum absolute atomic E-state index is 0.173. The predicted molar refractivity (Wildman–Crippen MR) is 102 cm³/mol. The number of anilines is 1. The van der Waals surface area contributed by atoms with Gasteiger partial charge in [-0.05, 0) is 43.0 Å². The van der Waals surface area contributed by atoms with Gasteiger partial charge in [0.25, 0.3) is 5.91 Å². The van der Waals surface area contributed by atoms with E-state index in [1.54, 1.807) is 24.5 Å². The maximum atomic E-state index is 12.4. The third kappa shape index (κ3) is 5.36. The molecule has 1 aliphatic carbocycles. The van der Waals surface area contributed by atoms with Crippen LogP contribution in [0.4, 0.5) is 5.69 Å². The maximum Gasteiger partial charge on any atom is 0.340 e. The summed E-state index contributed by atoms with van der Waals surface area (Å²) < 4.78 is 10.5. The highest BCUT2D eigenvalue weighted by molar-refractivity contribution is 5.96. The van der Waals surface area contributed by atoms with Crippen LogP contribution in [0.15, 0.2) is 47.1 Å². The Balaban J connectivity index is 1.52. The first kappa shape index (κ1) is 19.0. The molecule has 1 heterocycles. The molecular weight excluding hydrogens is 344 g/mol. The van der Waals surface area contributed by atoms with Gasteiger partial charge in [-0.15, -0.1) is 0 Å². The van der Waals surface area contributed by atoms with Crippen LogP contribution in [0.3, 0.4) is 0 Å². The summed E-state index contributed by atoms with van der Waals surface area (Å²) >= 11 is 0. The number of rotatable bonds is 7. The van der Waals surface area contributed by atoms with Crippen LogP contribution >= 0.6 is 0 Å². The Bertz CT molecular complexity index is 757. The van der Waals surface area contributed by atoms with Crippen molar-refractivity contribution in [3.05, 3.63) is 54.0 Å². The molecule has 2 N–H and O–H groups in total. The number of para-hydroxylation sites is 1. The number of hydrogen-bond donors (Lipinski definition) is 2. The van der Waals surface area contributed by atoms with Crippen LogP contribution < -0.4 is 10.6 Å². The second-order valence-corrected chi connectivity index (χ2v) is 6.99. The van der Waals surface area contributed by atoms with E-state index >= 15 is 0 Å². The van der Waals surface area contributed by atoms with Crippen molar-refractivity contribution in [3.8, 4) is 0 Å². The predicted octanol–water partition coefficient (Wildman–Crippen LogP) is 3.74. The number of hydrogen-bond acceptors (Lipinski definition) is 5. The molecule has 0 spiro atoms. The Morgan fingerprint density at radius 2 is 1.96 bits per heavy atom. The topological polar surface area (TPSA) is 80.6 Å². The monoisotopic (exact) mass is 370 g/mol. The van der Waals surface area contributed by atoms with Crippen LogP contribution in [0.1, 0.15) is 48.7 Å². The lowest BCUT2D eigenvalue weighted by molar-refractivity contribution is -0.125. The third-order valence-electron chi connectivity index (χ3n) is 4.97. The van der Waals surface area contributed by atoms with E-state index in [2.05, 4.69) is 17.6 Å². The van der Waals surface area contributed by atoms with Crippen LogP contribution in [0.5, 0.6) is 0 Å². The van der Waals surface area contributed by atoms with E-state index in [-0.39, 0.29) is 18.6 Å². The van der Waals surface area contributed by atoms with E-state index in [0.29, 0.717) is 23.7 Å². The van der Waals surface area contributed by atoms with Crippen molar-refractivity contribution in [2.75, 3.05) is 11.9 Å². The Kier molecular flexibility index (Phi) is 6.52. The lowest BCUT2D eigenvalue weighted by Gasteiger charge is -2.29. The summed E-state index contributed by atoms with van der Waals surface area (Å²) in [4.78, 5) is 24.6. The Hall–Kier alpha value is -2.76. The molecule has 1 saturated carbocycles. The Morgan fingerprint density at radius 3 is 2.74 bits per heavy atom. The van der Waals surface area contributed by atoms with Crippen molar-refractivity contribution in [2.24, 2.45) is 5.92 Å². The first-order valence-electron chi connectivity index (χ1n) is 9.45. The van der Waals surface area contributed by atoms with Gasteiger partial charge in [0.2, 0.25) is 0 Å². The van der Waals surface area contributed by atoms with Gasteiger partial charge in [0.05, 0.1) is 18.4 Å². The Labute approximate surface area is 159 Å². The number of nitrogens with one attached hydrogen (secondary N) is 2. The lowest BCUT2D eigenvalue weighted by atomic mass is 9.86. The molecule has 0 unspecified atom stereocenters. The minimum atomic E-state index is -0.524. The van der Waals surface area contributed by atoms with E-state index in [0.717, 1.165) is 25.0 Å². The largest absolute Gasteiger partial charge is 0.467 e. The van der Waals surface area contributed by atoms with E-state index in [4.69, 9.17) is 9.15 Å². The highest BCUT2D eigenvalue weighted by atomic mass is 16.5. The molecule has 144 valence electrons. The van der Waals surface area contributed by atoms with Crippen LogP contribution in [-0.2, 0) is 16.1 Å². The van der Waals surface area contributed by atoms with Crippen molar-refractivity contribution >= 4 is 17.6 Å². The fraction of sp³-hybridized carbons (Fsp3) is 0.429. The van der Waals surface area contributed by atoms with Gasteiger partial charge in [0.1, 0.15) is 5.76 Å². The number of benzene rings is 1. The van der Waals surface area contributed by atoms with Gasteiger partial charge in [-0.25, -0.2) is 4.79 Å². The molecule has 3 rings (SSSR count). The molecular formula is C21H26N2O4. The number of ether oxygens (including phenoxy) is 1. The van der Waals surface area contributed by atoms with Crippen LogP contribution in [0, 0.1) is 5.92 Å². The van der Waals surface area contributed by atoms with Crippen LogP contribution in [0.2, 0.25) is 0 Å². The maximum absolute atomic E-state index is 12.4. The average molecular weight is 370 g/mol. The molecule has 6 nitrogen and oxygen atoms in total. The number of amides is 1. The zero-order valence-corrected chi connectivity index (χ0v) is 15.6. The van der Waals surface area contributed by atoms with Gasteiger partial charge in [-0.1, -0.05) is 31.9 Å². The number of esters is 1. The molecule has 0 bridgehead atoms. The van der Waals surface area contributed by atoms with Gasteiger partial charge in [-0.2, -0.15) is 0 Å². The molecule has 1 aromatic carbocycles. The Morgan fingerprint density at radius 1 is 1.15 bits per heavy atom. The average Bonchev–Trinajstić information content (AvgIpc) is 3.20. The molecule has 1 amide bonds. The summed E-state index contributed by atoms with van der Waals surface area (Å²) in [5.74, 6) is 0.455. The lowest BCUT2D eigenvalue weighted by Crippen LogP contribution is -2.42. The van der Waals surface area contributed by atoms with E-state index < -0.39 is 5.97 Å². The fourth-order valence-corrected chi connectivity index (χ4v) is 3.40. The number of furan rings is 1. The number of carbonyl (C=O) groups is 2. The van der Waals surface area contributed by atoms with Crippen molar-refractivity contribution in [3.63, 3.8) is 0 Å². The normalized spacial score (nSPS) is 19.3. The third-order valence-corrected chi connectivity index (χ3v) is 4.97.